The van der Waals surface area contributed by atoms with Gasteiger partial charge < -0.3 is 14.8 Å². The van der Waals surface area contributed by atoms with Crippen LogP contribution in [0.1, 0.15) is 10.4 Å². The Bertz CT molecular complexity index is 687. The summed E-state index contributed by atoms with van der Waals surface area (Å²) in [6, 6.07) is 14.0. The molecule has 1 amide bonds. The van der Waals surface area contributed by atoms with Gasteiger partial charge in [0.2, 0.25) is 0 Å². The molecule has 0 spiro atoms. The van der Waals surface area contributed by atoms with Crippen molar-refractivity contribution in [2.45, 2.75) is 0 Å². The molecular formula is C16H14INO4. The minimum Gasteiger partial charge on any atom is -0.496 e. The Morgan fingerprint density at radius 2 is 1.91 bits per heavy atom. The first-order valence-electron chi connectivity index (χ1n) is 6.45. The topological polar surface area (TPSA) is 64.6 Å². The van der Waals surface area contributed by atoms with E-state index < -0.39 is 11.9 Å². The molecule has 1 N–H and O–H groups in total. The average molecular weight is 411 g/mol. The van der Waals surface area contributed by atoms with Gasteiger partial charge in [0.1, 0.15) is 11.3 Å². The van der Waals surface area contributed by atoms with Gasteiger partial charge in [0.25, 0.3) is 5.91 Å². The first kappa shape index (κ1) is 16.3. The normalized spacial score (nSPS) is 9.91. The maximum Gasteiger partial charge on any atom is 0.342 e. The Morgan fingerprint density at radius 3 is 2.64 bits per heavy atom. The first-order chi connectivity index (χ1) is 10.6. The number of nitrogens with one attached hydrogen (secondary N) is 1. The molecule has 0 saturated heterocycles. The van der Waals surface area contributed by atoms with Crippen LogP contribution in [0.3, 0.4) is 0 Å². The fourth-order valence-electron chi connectivity index (χ4n) is 1.79. The number of rotatable bonds is 5. The van der Waals surface area contributed by atoms with E-state index in [9.17, 15) is 9.59 Å². The summed E-state index contributed by atoms with van der Waals surface area (Å²) in [4.78, 5) is 23.7. The van der Waals surface area contributed by atoms with E-state index in [0.29, 0.717) is 11.4 Å². The van der Waals surface area contributed by atoms with E-state index in [-0.39, 0.29) is 12.2 Å². The highest BCUT2D eigenvalue weighted by atomic mass is 127. The number of halogens is 1. The van der Waals surface area contributed by atoms with Crippen LogP contribution in [-0.4, -0.2) is 25.6 Å². The first-order valence-corrected chi connectivity index (χ1v) is 7.53. The average Bonchev–Trinajstić information content (AvgIpc) is 2.52. The van der Waals surface area contributed by atoms with Crippen molar-refractivity contribution < 1.29 is 19.1 Å². The quantitative estimate of drug-likeness (QED) is 0.607. The smallest absolute Gasteiger partial charge is 0.342 e. The molecule has 0 radical (unpaired) electrons. The predicted molar refractivity (Wildman–Crippen MR) is 91.1 cm³/mol. The van der Waals surface area contributed by atoms with Crippen LogP contribution in [0.2, 0.25) is 0 Å². The Kier molecular flexibility index (Phi) is 5.76. The summed E-state index contributed by atoms with van der Waals surface area (Å²) in [5.41, 5.74) is 0.942. The lowest BCUT2D eigenvalue weighted by Crippen LogP contribution is -2.21. The monoisotopic (exact) mass is 411 g/mol. The van der Waals surface area contributed by atoms with Gasteiger partial charge in [0.15, 0.2) is 6.61 Å². The number of anilines is 1. The zero-order valence-corrected chi connectivity index (χ0v) is 14.0. The third-order valence-corrected chi connectivity index (χ3v) is 3.44. The number of carbonyl (C=O) groups is 2. The summed E-state index contributed by atoms with van der Waals surface area (Å²) in [5, 5.41) is 2.67. The molecule has 0 saturated carbocycles. The maximum atomic E-state index is 12.0. The van der Waals surface area contributed by atoms with E-state index >= 15 is 0 Å². The van der Waals surface area contributed by atoms with Gasteiger partial charge in [-0.15, -0.1) is 0 Å². The number of amides is 1. The largest absolute Gasteiger partial charge is 0.496 e. The molecule has 22 heavy (non-hydrogen) atoms. The zero-order valence-electron chi connectivity index (χ0n) is 11.8. The predicted octanol–water partition coefficient (Wildman–Crippen LogP) is 3.10. The summed E-state index contributed by atoms with van der Waals surface area (Å²) in [6.07, 6.45) is 0. The molecule has 0 heterocycles. The zero-order chi connectivity index (χ0) is 15.9. The molecule has 2 aromatic carbocycles. The number of hydrogen-bond donors (Lipinski definition) is 1. The fraction of sp³-hybridized carbons (Fsp3) is 0.125. The maximum absolute atomic E-state index is 12.0. The van der Waals surface area contributed by atoms with Gasteiger partial charge in [-0.25, -0.2) is 4.79 Å². The lowest BCUT2D eigenvalue weighted by atomic mass is 10.2. The molecule has 0 atom stereocenters. The minimum absolute atomic E-state index is 0.284. The van der Waals surface area contributed by atoms with Crippen molar-refractivity contribution in [2.24, 2.45) is 0 Å². The van der Waals surface area contributed by atoms with Crippen molar-refractivity contribution in [3.8, 4) is 5.75 Å². The van der Waals surface area contributed by atoms with Crippen molar-refractivity contribution in [2.75, 3.05) is 19.0 Å². The molecule has 0 fully saturated rings. The summed E-state index contributed by atoms with van der Waals surface area (Å²) in [6.45, 7) is -0.359. The van der Waals surface area contributed by atoms with Crippen molar-refractivity contribution in [1.82, 2.24) is 0 Å². The lowest BCUT2D eigenvalue weighted by molar-refractivity contribution is -0.119. The van der Waals surface area contributed by atoms with E-state index in [2.05, 4.69) is 27.9 Å². The van der Waals surface area contributed by atoms with Crippen LogP contribution in [0.4, 0.5) is 5.69 Å². The molecule has 0 aromatic heterocycles. The summed E-state index contributed by atoms with van der Waals surface area (Å²) in [5.74, 6) is -0.592. The number of esters is 1. The van der Waals surface area contributed by atoms with Gasteiger partial charge in [0.05, 0.1) is 7.11 Å². The van der Waals surface area contributed by atoms with Crippen LogP contribution in [0.5, 0.6) is 5.75 Å². The number of ether oxygens (including phenoxy) is 2. The lowest BCUT2D eigenvalue weighted by Gasteiger charge is -2.09. The van der Waals surface area contributed by atoms with Crippen molar-refractivity contribution >= 4 is 40.2 Å². The van der Waals surface area contributed by atoms with Gasteiger partial charge in [0, 0.05) is 9.26 Å². The van der Waals surface area contributed by atoms with Gasteiger partial charge in [-0.05, 0) is 52.9 Å². The van der Waals surface area contributed by atoms with E-state index in [1.54, 1.807) is 30.3 Å². The van der Waals surface area contributed by atoms with E-state index in [4.69, 9.17) is 9.47 Å². The summed E-state index contributed by atoms with van der Waals surface area (Å²) >= 11 is 2.15. The molecule has 114 valence electrons. The summed E-state index contributed by atoms with van der Waals surface area (Å²) in [7, 11) is 1.47. The molecule has 0 bridgehead atoms. The van der Waals surface area contributed by atoms with Crippen molar-refractivity contribution in [1.29, 1.82) is 0 Å². The Hall–Kier alpha value is -2.09. The van der Waals surface area contributed by atoms with Gasteiger partial charge >= 0.3 is 5.97 Å². The molecule has 0 aliphatic heterocycles. The molecule has 0 aliphatic carbocycles. The third kappa shape index (κ3) is 4.45. The summed E-state index contributed by atoms with van der Waals surface area (Å²) < 4.78 is 11.1. The SMILES string of the molecule is COc1ccccc1C(=O)OCC(=O)Nc1cccc(I)c1. The number of hydrogen-bond acceptors (Lipinski definition) is 4. The highest BCUT2D eigenvalue weighted by Crippen LogP contribution is 2.18. The highest BCUT2D eigenvalue weighted by molar-refractivity contribution is 14.1. The Labute approximate surface area is 141 Å². The van der Waals surface area contributed by atoms with Gasteiger partial charge in [-0.1, -0.05) is 18.2 Å². The van der Waals surface area contributed by atoms with Crippen LogP contribution in [0.15, 0.2) is 48.5 Å². The van der Waals surface area contributed by atoms with Crippen LogP contribution in [-0.2, 0) is 9.53 Å². The second-order valence-electron chi connectivity index (χ2n) is 4.33. The number of para-hydroxylation sites is 1. The standard InChI is InChI=1S/C16H14INO4/c1-21-14-8-3-2-7-13(14)16(20)22-10-15(19)18-12-6-4-5-11(17)9-12/h2-9H,10H2,1H3,(H,18,19). The second-order valence-corrected chi connectivity index (χ2v) is 5.58. The van der Waals surface area contributed by atoms with Crippen LogP contribution in [0, 0.1) is 3.57 Å². The van der Waals surface area contributed by atoms with Crippen LogP contribution >= 0.6 is 22.6 Å². The van der Waals surface area contributed by atoms with Gasteiger partial charge in [-0.3, -0.25) is 4.79 Å². The molecule has 0 unspecified atom stereocenters. The second kappa shape index (κ2) is 7.79. The molecule has 2 aromatic rings. The van der Waals surface area contributed by atoms with Crippen molar-refractivity contribution in [3.05, 3.63) is 57.7 Å². The Balaban J connectivity index is 1.92. The number of carbonyl (C=O) groups excluding carboxylic acids is 2. The fourth-order valence-corrected chi connectivity index (χ4v) is 2.33. The van der Waals surface area contributed by atoms with Crippen molar-refractivity contribution in [3.63, 3.8) is 0 Å². The molecule has 5 nitrogen and oxygen atoms in total. The third-order valence-electron chi connectivity index (χ3n) is 2.77. The van der Waals surface area contributed by atoms with E-state index in [1.165, 1.54) is 7.11 Å². The van der Waals surface area contributed by atoms with E-state index in [0.717, 1.165) is 3.57 Å². The number of methoxy groups -OCH3 is 1. The van der Waals surface area contributed by atoms with Gasteiger partial charge in [-0.2, -0.15) is 0 Å². The molecule has 2 rings (SSSR count). The van der Waals surface area contributed by atoms with Crippen LogP contribution in [0.25, 0.3) is 0 Å². The van der Waals surface area contributed by atoms with E-state index in [1.807, 2.05) is 18.2 Å². The molecule has 0 aliphatic rings. The highest BCUT2D eigenvalue weighted by Gasteiger charge is 2.14. The molecule has 6 heteroatoms. The Morgan fingerprint density at radius 1 is 1.14 bits per heavy atom. The molecular weight excluding hydrogens is 397 g/mol. The van der Waals surface area contributed by atoms with Crippen LogP contribution < -0.4 is 10.1 Å². The number of benzene rings is 2. The minimum atomic E-state index is -0.602.